The molecular weight excluding hydrogens is 224 g/mol. The van der Waals surface area contributed by atoms with E-state index in [-0.39, 0.29) is 12.8 Å². The predicted molar refractivity (Wildman–Crippen MR) is 55.9 cm³/mol. The van der Waals surface area contributed by atoms with E-state index in [4.69, 9.17) is 8.83 Å². The maximum atomic E-state index is 11.3. The summed E-state index contributed by atoms with van der Waals surface area (Å²) in [6.07, 6.45) is 2.79. The van der Waals surface area contributed by atoms with Gasteiger partial charge >= 0.3 is 11.9 Å². The van der Waals surface area contributed by atoms with Crippen LogP contribution in [0.1, 0.15) is 11.5 Å². The molecule has 88 valence electrons. The average molecular weight is 234 g/mol. The van der Waals surface area contributed by atoms with Gasteiger partial charge in [0, 0.05) is 0 Å². The SMILES string of the molecule is O=C(Cc1ccco1)OC(=O)Cc1ccco1. The maximum absolute atomic E-state index is 11.3. The van der Waals surface area contributed by atoms with Crippen LogP contribution in [0, 0.1) is 0 Å². The highest BCUT2D eigenvalue weighted by atomic mass is 16.6. The molecule has 2 aromatic heterocycles. The zero-order valence-electron chi connectivity index (χ0n) is 8.92. The summed E-state index contributed by atoms with van der Waals surface area (Å²) >= 11 is 0. The summed E-state index contributed by atoms with van der Waals surface area (Å²) in [4.78, 5) is 22.6. The number of hydrogen-bond donors (Lipinski definition) is 0. The Labute approximate surface area is 97.0 Å². The molecule has 0 spiro atoms. The monoisotopic (exact) mass is 234 g/mol. The standard InChI is InChI=1S/C12H10O5/c13-11(7-9-3-1-5-15-9)17-12(14)8-10-4-2-6-16-10/h1-6H,7-8H2. The fourth-order valence-electron chi connectivity index (χ4n) is 1.31. The Morgan fingerprint density at radius 3 is 1.76 bits per heavy atom. The van der Waals surface area contributed by atoms with Crippen molar-refractivity contribution in [2.75, 3.05) is 0 Å². The van der Waals surface area contributed by atoms with Crippen LogP contribution in [0.15, 0.2) is 45.6 Å². The van der Waals surface area contributed by atoms with Crippen molar-refractivity contribution in [2.45, 2.75) is 12.8 Å². The van der Waals surface area contributed by atoms with Gasteiger partial charge in [-0.05, 0) is 24.3 Å². The van der Waals surface area contributed by atoms with E-state index in [2.05, 4.69) is 4.74 Å². The molecule has 17 heavy (non-hydrogen) atoms. The molecule has 0 saturated heterocycles. The second kappa shape index (κ2) is 5.16. The van der Waals surface area contributed by atoms with Gasteiger partial charge in [-0.3, -0.25) is 9.59 Å². The van der Waals surface area contributed by atoms with E-state index in [1.165, 1.54) is 12.5 Å². The lowest BCUT2D eigenvalue weighted by Gasteiger charge is -2.00. The summed E-state index contributed by atoms with van der Waals surface area (Å²) < 4.78 is 14.5. The van der Waals surface area contributed by atoms with Crippen molar-refractivity contribution >= 4 is 11.9 Å². The Morgan fingerprint density at radius 2 is 1.41 bits per heavy atom. The first-order chi connectivity index (χ1) is 8.24. The van der Waals surface area contributed by atoms with Crippen LogP contribution in [0.4, 0.5) is 0 Å². The van der Waals surface area contributed by atoms with E-state index >= 15 is 0 Å². The number of carbonyl (C=O) groups is 2. The predicted octanol–water partition coefficient (Wildman–Crippen LogP) is 1.73. The van der Waals surface area contributed by atoms with Crippen LogP contribution in [0.2, 0.25) is 0 Å². The van der Waals surface area contributed by atoms with Crippen LogP contribution in [0.25, 0.3) is 0 Å². The summed E-state index contributed by atoms with van der Waals surface area (Å²) in [6, 6.07) is 6.59. The van der Waals surface area contributed by atoms with Crippen LogP contribution in [-0.2, 0) is 27.2 Å². The summed E-state index contributed by atoms with van der Waals surface area (Å²) in [5, 5.41) is 0. The molecule has 5 heteroatoms. The van der Waals surface area contributed by atoms with Crippen LogP contribution in [0.5, 0.6) is 0 Å². The summed E-state index contributed by atoms with van der Waals surface area (Å²) in [7, 11) is 0. The molecule has 2 heterocycles. The molecule has 0 unspecified atom stereocenters. The molecule has 0 atom stereocenters. The first kappa shape index (κ1) is 11.2. The number of carbonyl (C=O) groups excluding carboxylic acids is 2. The van der Waals surface area contributed by atoms with Crippen molar-refractivity contribution in [2.24, 2.45) is 0 Å². The van der Waals surface area contributed by atoms with Gasteiger partial charge in [0.25, 0.3) is 0 Å². The smallest absolute Gasteiger partial charge is 0.321 e. The lowest BCUT2D eigenvalue weighted by Crippen LogP contribution is -2.15. The van der Waals surface area contributed by atoms with Crippen molar-refractivity contribution < 1.29 is 23.2 Å². The van der Waals surface area contributed by atoms with E-state index in [0.29, 0.717) is 11.5 Å². The largest absolute Gasteiger partial charge is 0.469 e. The molecular formula is C12H10O5. The van der Waals surface area contributed by atoms with Gasteiger partial charge in [-0.15, -0.1) is 0 Å². The Kier molecular flexibility index (Phi) is 3.40. The lowest BCUT2D eigenvalue weighted by molar-refractivity contribution is -0.158. The van der Waals surface area contributed by atoms with Gasteiger partial charge in [0.05, 0.1) is 12.5 Å². The van der Waals surface area contributed by atoms with E-state index < -0.39 is 11.9 Å². The van der Waals surface area contributed by atoms with Crippen LogP contribution >= 0.6 is 0 Å². The number of rotatable bonds is 4. The van der Waals surface area contributed by atoms with E-state index in [9.17, 15) is 9.59 Å². The molecule has 0 N–H and O–H groups in total. The lowest BCUT2D eigenvalue weighted by atomic mass is 10.3. The summed E-state index contributed by atoms with van der Waals surface area (Å²) in [5.74, 6) is -0.366. The third-order valence-corrected chi connectivity index (χ3v) is 2.03. The second-order valence-corrected chi connectivity index (χ2v) is 3.36. The number of ether oxygens (including phenoxy) is 1. The van der Waals surface area contributed by atoms with Gasteiger partial charge in [0.1, 0.15) is 24.4 Å². The fraction of sp³-hybridized carbons (Fsp3) is 0.167. The van der Waals surface area contributed by atoms with Crippen molar-refractivity contribution in [1.82, 2.24) is 0 Å². The molecule has 2 aromatic rings. The molecule has 0 aliphatic carbocycles. The molecule has 0 bridgehead atoms. The second-order valence-electron chi connectivity index (χ2n) is 3.36. The van der Waals surface area contributed by atoms with Gasteiger partial charge in [-0.25, -0.2) is 0 Å². The fourth-order valence-corrected chi connectivity index (χ4v) is 1.31. The van der Waals surface area contributed by atoms with E-state index in [0.717, 1.165) is 0 Å². The van der Waals surface area contributed by atoms with Gasteiger partial charge in [0.2, 0.25) is 0 Å². The Hall–Kier alpha value is -2.30. The Balaban J connectivity index is 1.80. The minimum Gasteiger partial charge on any atom is -0.469 e. The molecule has 5 nitrogen and oxygen atoms in total. The molecule has 2 rings (SSSR count). The number of furan rings is 2. The quantitative estimate of drug-likeness (QED) is 0.595. The summed E-state index contributed by atoms with van der Waals surface area (Å²) in [5.41, 5.74) is 0. The minimum absolute atomic E-state index is 0.0586. The maximum Gasteiger partial charge on any atom is 0.321 e. The first-order valence-electron chi connectivity index (χ1n) is 5.02. The first-order valence-corrected chi connectivity index (χ1v) is 5.02. The Bertz CT molecular complexity index is 435. The summed E-state index contributed by atoms with van der Waals surface area (Å²) in [6.45, 7) is 0. The molecule has 0 aliphatic rings. The van der Waals surface area contributed by atoms with Crippen molar-refractivity contribution in [3.05, 3.63) is 48.3 Å². The van der Waals surface area contributed by atoms with Gasteiger partial charge in [-0.2, -0.15) is 0 Å². The highest BCUT2D eigenvalue weighted by molar-refractivity contribution is 5.87. The van der Waals surface area contributed by atoms with Gasteiger partial charge < -0.3 is 13.6 Å². The number of esters is 2. The zero-order chi connectivity index (χ0) is 12.1. The molecule has 0 aromatic carbocycles. The topological polar surface area (TPSA) is 69.7 Å². The van der Waals surface area contributed by atoms with E-state index in [1.54, 1.807) is 24.3 Å². The van der Waals surface area contributed by atoms with Gasteiger partial charge in [0.15, 0.2) is 0 Å². The van der Waals surface area contributed by atoms with Crippen molar-refractivity contribution in [3.63, 3.8) is 0 Å². The van der Waals surface area contributed by atoms with E-state index in [1.807, 2.05) is 0 Å². The molecule has 0 saturated carbocycles. The van der Waals surface area contributed by atoms with Crippen molar-refractivity contribution in [3.8, 4) is 0 Å². The van der Waals surface area contributed by atoms with Gasteiger partial charge in [-0.1, -0.05) is 0 Å². The normalized spacial score (nSPS) is 10.1. The molecule has 0 fully saturated rings. The third-order valence-electron chi connectivity index (χ3n) is 2.03. The Morgan fingerprint density at radius 1 is 0.941 bits per heavy atom. The van der Waals surface area contributed by atoms with Crippen molar-refractivity contribution in [1.29, 1.82) is 0 Å². The highest BCUT2D eigenvalue weighted by Crippen LogP contribution is 2.05. The molecule has 0 aliphatic heterocycles. The highest BCUT2D eigenvalue weighted by Gasteiger charge is 2.14. The van der Waals surface area contributed by atoms with Crippen LogP contribution < -0.4 is 0 Å². The molecule has 0 amide bonds. The van der Waals surface area contributed by atoms with Crippen LogP contribution in [-0.4, -0.2) is 11.9 Å². The third kappa shape index (κ3) is 3.34. The number of hydrogen-bond acceptors (Lipinski definition) is 5. The van der Waals surface area contributed by atoms with Crippen LogP contribution in [0.3, 0.4) is 0 Å². The zero-order valence-corrected chi connectivity index (χ0v) is 8.92. The minimum atomic E-state index is -0.642. The average Bonchev–Trinajstić information content (AvgIpc) is 2.90. The molecule has 0 radical (unpaired) electrons.